The first-order chi connectivity index (χ1) is 7.27. The van der Waals surface area contributed by atoms with Crippen molar-refractivity contribution < 1.29 is 4.39 Å². The highest BCUT2D eigenvalue weighted by atomic mass is 32.1. The summed E-state index contributed by atoms with van der Waals surface area (Å²) in [6.45, 7) is 0. The molecule has 2 heterocycles. The van der Waals surface area contributed by atoms with Crippen molar-refractivity contribution in [2.24, 2.45) is 0 Å². The molecule has 0 bridgehead atoms. The highest BCUT2D eigenvalue weighted by molar-refractivity contribution is 7.15. The molecular weight excluding hydrogens is 215 g/mol. The van der Waals surface area contributed by atoms with Gasteiger partial charge in [0, 0.05) is 11.6 Å². The Morgan fingerprint density at radius 2 is 2.27 bits per heavy atom. The molecule has 0 saturated carbocycles. The number of hydrogen-bond donors (Lipinski definition) is 0. The van der Waals surface area contributed by atoms with E-state index in [4.69, 9.17) is 0 Å². The number of rotatable bonds is 0. The quantitative estimate of drug-likeness (QED) is 0.581. The van der Waals surface area contributed by atoms with Crippen LogP contribution in [0.4, 0.5) is 4.39 Å². The molecule has 74 valence electrons. The SMILES string of the molecule is O=c1c2c(F)cccc2nc2sccn12. The first-order valence-electron chi connectivity index (χ1n) is 4.31. The van der Waals surface area contributed by atoms with E-state index in [0.29, 0.717) is 10.5 Å². The molecule has 0 aliphatic heterocycles. The van der Waals surface area contributed by atoms with Gasteiger partial charge in [0.2, 0.25) is 0 Å². The van der Waals surface area contributed by atoms with Crippen molar-refractivity contribution >= 4 is 27.2 Å². The highest BCUT2D eigenvalue weighted by Gasteiger charge is 2.09. The Bertz CT molecular complexity index is 716. The summed E-state index contributed by atoms with van der Waals surface area (Å²) >= 11 is 1.35. The molecule has 2 aromatic heterocycles. The van der Waals surface area contributed by atoms with Gasteiger partial charge < -0.3 is 0 Å². The minimum absolute atomic E-state index is 0.0494. The predicted octanol–water partition coefficient (Wildman–Crippen LogP) is 2.05. The van der Waals surface area contributed by atoms with Crippen molar-refractivity contribution in [1.29, 1.82) is 0 Å². The molecule has 0 aliphatic carbocycles. The van der Waals surface area contributed by atoms with Crippen LogP contribution < -0.4 is 5.56 Å². The van der Waals surface area contributed by atoms with Crippen LogP contribution in [0.25, 0.3) is 15.9 Å². The van der Waals surface area contributed by atoms with Gasteiger partial charge in [0.25, 0.3) is 5.56 Å². The number of halogens is 1. The first-order valence-corrected chi connectivity index (χ1v) is 5.19. The lowest BCUT2D eigenvalue weighted by atomic mass is 10.2. The van der Waals surface area contributed by atoms with Gasteiger partial charge in [0.15, 0.2) is 4.96 Å². The summed E-state index contributed by atoms with van der Waals surface area (Å²) in [6, 6.07) is 4.46. The van der Waals surface area contributed by atoms with Crippen LogP contribution in [0.1, 0.15) is 0 Å². The molecule has 0 aliphatic rings. The van der Waals surface area contributed by atoms with E-state index in [9.17, 15) is 9.18 Å². The van der Waals surface area contributed by atoms with Gasteiger partial charge in [-0.25, -0.2) is 9.37 Å². The van der Waals surface area contributed by atoms with E-state index < -0.39 is 5.82 Å². The van der Waals surface area contributed by atoms with E-state index >= 15 is 0 Å². The van der Waals surface area contributed by atoms with Crippen LogP contribution in [0.5, 0.6) is 0 Å². The number of hydrogen-bond acceptors (Lipinski definition) is 3. The van der Waals surface area contributed by atoms with E-state index in [1.807, 2.05) is 0 Å². The van der Waals surface area contributed by atoms with Gasteiger partial charge >= 0.3 is 0 Å². The Balaban J connectivity index is 2.71. The topological polar surface area (TPSA) is 34.4 Å². The van der Waals surface area contributed by atoms with E-state index in [2.05, 4.69) is 4.98 Å². The van der Waals surface area contributed by atoms with Crippen LogP contribution in [0, 0.1) is 5.82 Å². The van der Waals surface area contributed by atoms with E-state index in [-0.39, 0.29) is 10.9 Å². The molecule has 1 aromatic carbocycles. The van der Waals surface area contributed by atoms with E-state index in [1.165, 1.54) is 21.8 Å². The lowest BCUT2D eigenvalue weighted by Gasteiger charge is -1.98. The molecule has 0 atom stereocenters. The van der Waals surface area contributed by atoms with Crippen molar-refractivity contribution in [2.75, 3.05) is 0 Å². The summed E-state index contributed by atoms with van der Waals surface area (Å²) in [6.07, 6.45) is 1.60. The molecule has 0 unspecified atom stereocenters. The molecule has 0 spiro atoms. The van der Waals surface area contributed by atoms with Gasteiger partial charge in [-0.05, 0) is 12.1 Å². The molecule has 3 aromatic rings. The van der Waals surface area contributed by atoms with Crippen molar-refractivity contribution in [3.05, 3.63) is 45.9 Å². The third kappa shape index (κ3) is 1.10. The summed E-state index contributed by atoms with van der Waals surface area (Å²) < 4.78 is 14.8. The summed E-state index contributed by atoms with van der Waals surface area (Å²) in [5, 5.41) is 1.80. The van der Waals surface area contributed by atoms with E-state index in [1.54, 1.807) is 23.7 Å². The maximum absolute atomic E-state index is 13.4. The Morgan fingerprint density at radius 1 is 1.40 bits per heavy atom. The van der Waals surface area contributed by atoms with Gasteiger partial charge in [0.05, 0.1) is 5.52 Å². The lowest BCUT2D eigenvalue weighted by molar-refractivity contribution is 0.638. The normalized spacial score (nSPS) is 11.3. The summed E-state index contributed by atoms with van der Waals surface area (Å²) in [7, 11) is 0. The van der Waals surface area contributed by atoms with E-state index in [0.717, 1.165) is 0 Å². The van der Waals surface area contributed by atoms with Crippen molar-refractivity contribution in [3.8, 4) is 0 Å². The second-order valence-corrected chi connectivity index (χ2v) is 3.98. The van der Waals surface area contributed by atoms with Gasteiger partial charge in [-0.15, -0.1) is 11.3 Å². The van der Waals surface area contributed by atoms with Crippen LogP contribution in [0.2, 0.25) is 0 Å². The molecule has 0 N–H and O–H groups in total. The standard InChI is InChI=1S/C10H5FN2OS/c11-6-2-1-3-7-8(6)9(14)13-4-5-15-10(13)12-7/h1-5H. The number of benzene rings is 1. The van der Waals surface area contributed by atoms with Crippen molar-refractivity contribution in [2.45, 2.75) is 0 Å². The predicted molar refractivity (Wildman–Crippen MR) is 56.8 cm³/mol. The highest BCUT2D eigenvalue weighted by Crippen LogP contribution is 2.15. The molecule has 0 radical (unpaired) electrons. The maximum atomic E-state index is 13.4. The fourth-order valence-corrected chi connectivity index (χ4v) is 2.26. The molecule has 0 saturated heterocycles. The number of aromatic nitrogens is 2. The number of thiazole rings is 1. The molecule has 3 rings (SSSR count). The average molecular weight is 220 g/mol. The van der Waals surface area contributed by atoms with Gasteiger partial charge in [-0.2, -0.15) is 0 Å². The number of fused-ring (bicyclic) bond motifs is 2. The summed E-state index contributed by atoms with van der Waals surface area (Å²) in [5.41, 5.74) is 0.0526. The molecule has 0 amide bonds. The average Bonchev–Trinajstić information content (AvgIpc) is 2.66. The second-order valence-electron chi connectivity index (χ2n) is 3.11. The first kappa shape index (κ1) is 8.55. The molecule has 3 nitrogen and oxygen atoms in total. The Morgan fingerprint density at radius 3 is 3.13 bits per heavy atom. The second kappa shape index (κ2) is 2.87. The summed E-state index contributed by atoms with van der Waals surface area (Å²) in [4.78, 5) is 16.6. The fourth-order valence-electron chi connectivity index (χ4n) is 1.55. The fraction of sp³-hybridized carbons (Fsp3) is 0. The lowest BCUT2D eigenvalue weighted by Crippen LogP contribution is -2.13. The minimum atomic E-state index is -0.523. The zero-order chi connectivity index (χ0) is 10.4. The number of nitrogens with zero attached hydrogens (tertiary/aromatic N) is 2. The Hall–Kier alpha value is -1.75. The van der Waals surface area contributed by atoms with Gasteiger partial charge in [0.1, 0.15) is 11.2 Å². The van der Waals surface area contributed by atoms with Crippen molar-refractivity contribution in [3.63, 3.8) is 0 Å². The smallest absolute Gasteiger partial charge is 0.268 e. The largest absolute Gasteiger partial charge is 0.269 e. The zero-order valence-corrected chi connectivity index (χ0v) is 8.29. The van der Waals surface area contributed by atoms with Crippen molar-refractivity contribution in [1.82, 2.24) is 9.38 Å². The van der Waals surface area contributed by atoms with Crippen LogP contribution in [0.15, 0.2) is 34.6 Å². The molecular formula is C10H5FN2OS. The van der Waals surface area contributed by atoms with Crippen LogP contribution in [-0.2, 0) is 0 Å². The summed E-state index contributed by atoms with van der Waals surface area (Å²) in [5.74, 6) is -0.523. The monoisotopic (exact) mass is 220 g/mol. The molecule has 5 heteroatoms. The van der Waals surface area contributed by atoms with Crippen LogP contribution in [0.3, 0.4) is 0 Å². The van der Waals surface area contributed by atoms with Crippen LogP contribution >= 0.6 is 11.3 Å². The van der Waals surface area contributed by atoms with Gasteiger partial charge in [-0.3, -0.25) is 9.20 Å². The Labute approximate surface area is 87.4 Å². The third-order valence-electron chi connectivity index (χ3n) is 2.23. The Kier molecular flexibility index (Phi) is 1.63. The van der Waals surface area contributed by atoms with Gasteiger partial charge in [-0.1, -0.05) is 6.07 Å². The zero-order valence-electron chi connectivity index (χ0n) is 7.48. The molecule has 15 heavy (non-hydrogen) atoms. The maximum Gasteiger partial charge on any atom is 0.269 e. The minimum Gasteiger partial charge on any atom is -0.268 e. The molecule has 0 fully saturated rings. The third-order valence-corrected chi connectivity index (χ3v) is 2.99. The van der Waals surface area contributed by atoms with Crippen LogP contribution in [-0.4, -0.2) is 9.38 Å².